The van der Waals surface area contributed by atoms with Crippen molar-refractivity contribution in [3.8, 4) is 11.5 Å². The van der Waals surface area contributed by atoms with E-state index in [1.54, 1.807) is 23.5 Å². The van der Waals surface area contributed by atoms with Gasteiger partial charge in [0.15, 0.2) is 0 Å². The third-order valence-electron chi connectivity index (χ3n) is 4.99. The number of rotatable bonds is 5. The zero-order valence-electron chi connectivity index (χ0n) is 15.8. The van der Waals surface area contributed by atoms with Crippen LogP contribution in [0, 0.1) is 5.82 Å². The summed E-state index contributed by atoms with van der Waals surface area (Å²) in [5.41, 5.74) is 1.61. The molecule has 0 spiro atoms. The molecular formula is C21H17FN4O2S2. The minimum atomic E-state index is -0.327. The van der Waals surface area contributed by atoms with Gasteiger partial charge in [0.1, 0.15) is 10.8 Å². The number of amides is 1. The molecule has 1 aliphatic rings. The molecule has 1 saturated heterocycles. The van der Waals surface area contributed by atoms with Crippen LogP contribution in [0.3, 0.4) is 0 Å². The van der Waals surface area contributed by atoms with Crippen LogP contribution >= 0.6 is 23.1 Å². The fraction of sp³-hybridized carbons (Fsp3) is 0.238. The summed E-state index contributed by atoms with van der Waals surface area (Å²) in [5.74, 6) is 0.223. The zero-order chi connectivity index (χ0) is 20.5. The Kier molecular flexibility index (Phi) is 5.22. The summed E-state index contributed by atoms with van der Waals surface area (Å²) < 4.78 is 19.8. The van der Waals surface area contributed by atoms with E-state index < -0.39 is 0 Å². The number of halogens is 1. The Bertz CT molecular complexity index is 1160. The molecule has 0 bridgehead atoms. The van der Waals surface area contributed by atoms with Gasteiger partial charge in [-0.05, 0) is 49.2 Å². The third kappa shape index (κ3) is 3.82. The Morgan fingerprint density at radius 2 is 2.03 bits per heavy atom. The molecule has 9 heteroatoms. The first-order valence-corrected chi connectivity index (χ1v) is 11.3. The van der Waals surface area contributed by atoms with Crippen molar-refractivity contribution in [1.82, 2.24) is 20.1 Å². The van der Waals surface area contributed by atoms with E-state index in [9.17, 15) is 9.18 Å². The standard InChI is InChI=1S/C21H17FN4O2S2/c22-14-9-7-13(8-10-14)19-24-25-21(28-19)29-12-18(27)26-11-3-5-16(26)20-23-15-4-1-2-6-17(15)30-20/h1-2,4,6-10,16H,3,5,11-12H2. The van der Waals surface area contributed by atoms with Gasteiger partial charge < -0.3 is 9.32 Å². The van der Waals surface area contributed by atoms with Gasteiger partial charge in [0, 0.05) is 12.1 Å². The van der Waals surface area contributed by atoms with Crippen molar-refractivity contribution in [2.45, 2.75) is 24.1 Å². The number of carbonyl (C=O) groups is 1. The molecule has 30 heavy (non-hydrogen) atoms. The van der Waals surface area contributed by atoms with Crippen LogP contribution in [-0.2, 0) is 4.79 Å². The van der Waals surface area contributed by atoms with Crippen LogP contribution in [-0.4, -0.2) is 38.3 Å². The molecule has 1 atom stereocenters. The molecule has 0 saturated carbocycles. The van der Waals surface area contributed by atoms with Crippen LogP contribution in [0.2, 0.25) is 0 Å². The quantitative estimate of drug-likeness (QED) is 0.409. The van der Waals surface area contributed by atoms with Gasteiger partial charge in [-0.25, -0.2) is 9.37 Å². The number of para-hydroxylation sites is 1. The molecular weight excluding hydrogens is 423 g/mol. The smallest absolute Gasteiger partial charge is 0.277 e. The average molecular weight is 441 g/mol. The molecule has 5 rings (SSSR count). The Morgan fingerprint density at radius 1 is 1.20 bits per heavy atom. The van der Waals surface area contributed by atoms with Crippen molar-refractivity contribution in [3.63, 3.8) is 0 Å². The molecule has 1 aliphatic heterocycles. The molecule has 4 aromatic rings. The summed E-state index contributed by atoms with van der Waals surface area (Å²) in [6.45, 7) is 0.727. The van der Waals surface area contributed by atoms with Gasteiger partial charge in [-0.1, -0.05) is 23.9 Å². The lowest BCUT2D eigenvalue weighted by atomic mass is 10.2. The van der Waals surface area contributed by atoms with Crippen LogP contribution in [0.1, 0.15) is 23.9 Å². The first kappa shape index (κ1) is 19.2. The summed E-state index contributed by atoms with van der Waals surface area (Å²) in [7, 11) is 0. The third-order valence-corrected chi connectivity index (χ3v) is 6.93. The van der Waals surface area contributed by atoms with Gasteiger partial charge in [-0.15, -0.1) is 21.5 Å². The topological polar surface area (TPSA) is 72.1 Å². The average Bonchev–Trinajstić information content (AvgIpc) is 3.51. The van der Waals surface area contributed by atoms with Crippen molar-refractivity contribution < 1.29 is 13.6 Å². The van der Waals surface area contributed by atoms with Crippen molar-refractivity contribution in [3.05, 3.63) is 59.4 Å². The number of thiazole rings is 1. The first-order valence-electron chi connectivity index (χ1n) is 9.54. The van der Waals surface area contributed by atoms with E-state index >= 15 is 0 Å². The summed E-state index contributed by atoms with van der Waals surface area (Å²) in [5, 5.41) is 9.28. The largest absolute Gasteiger partial charge is 0.411 e. The lowest BCUT2D eigenvalue weighted by Crippen LogP contribution is -2.31. The summed E-state index contributed by atoms with van der Waals surface area (Å²) >= 11 is 2.87. The van der Waals surface area contributed by atoms with E-state index in [0.717, 1.165) is 34.6 Å². The van der Waals surface area contributed by atoms with Crippen LogP contribution in [0.25, 0.3) is 21.7 Å². The highest BCUT2D eigenvalue weighted by molar-refractivity contribution is 7.99. The summed E-state index contributed by atoms with van der Waals surface area (Å²) in [6, 6.07) is 13.9. The molecule has 0 radical (unpaired) electrons. The Morgan fingerprint density at radius 3 is 2.87 bits per heavy atom. The fourth-order valence-corrected chi connectivity index (χ4v) is 5.30. The number of fused-ring (bicyclic) bond motifs is 1. The van der Waals surface area contributed by atoms with E-state index in [1.807, 2.05) is 23.1 Å². The van der Waals surface area contributed by atoms with Gasteiger partial charge in [-0.3, -0.25) is 4.79 Å². The molecule has 152 valence electrons. The minimum absolute atomic E-state index is 0.0213. The molecule has 1 unspecified atom stereocenters. The van der Waals surface area contributed by atoms with E-state index in [2.05, 4.69) is 16.3 Å². The number of carbonyl (C=O) groups excluding carboxylic acids is 1. The number of benzene rings is 2. The molecule has 1 fully saturated rings. The normalized spacial score (nSPS) is 16.4. The predicted molar refractivity (Wildman–Crippen MR) is 114 cm³/mol. The number of thioether (sulfide) groups is 1. The van der Waals surface area contributed by atoms with Crippen LogP contribution < -0.4 is 0 Å². The number of nitrogens with zero attached hydrogens (tertiary/aromatic N) is 4. The maximum Gasteiger partial charge on any atom is 0.277 e. The molecule has 0 N–H and O–H groups in total. The molecule has 0 aliphatic carbocycles. The van der Waals surface area contributed by atoms with Gasteiger partial charge >= 0.3 is 0 Å². The van der Waals surface area contributed by atoms with Crippen LogP contribution in [0.15, 0.2) is 58.2 Å². The SMILES string of the molecule is O=C(CSc1nnc(-c2ccc(F)cc2)o1)N1CCCC1c1nc2ccccc2s1. The molecule has 3 heterocycles. The highest BCUT2D eigenvalue weighted by atomic mass is 32.2. The van der Waals surface area contributed by atoms with Crippen LogP contribution in [0.5, 0.6) is 0 Å². The summed E-state index contributed by atoms with van der Waals surface area (Å²) in [4.78, 5) is 19.5. The lowest BCUT2D eigenvalue weighted by molar-refractivity contribution is -0.129. The second kappa shape index (κ2) is 8.16. The van der Waals surface area contributed by atoms with Gasteiger partial charge in [0.25, 0.3) is 5.22 Å². The Hall–Kier alpha value is -2.78. The molecule has 2 aromatic heterocycles. The number of hydrogen-bond donors (Lipinski definition) is 0. The number of hydrogen-bond acceptors (Lipinski definition) is 7. The van der Waals surface area contributed by atoms with E-state index in [4.69, 9.17) is 9.40 Å². The van der Waals surface area contributed by atoms with E-state index in [0.29, 0.717) is 16.7 Å². The summed E-state index contributed by atoms with van der Waals surface area (Å²) in [6.07, 6.45) is 1.89. The number of likely N-dealkylation sites (tertiary alicyclic amines) is 1. The van der Waals surface area contributed by atoms with Crippen LogP contribution in [0.4, 0.5) is 4.39 Å². The highest BCUT2D eigenvalue weighted by Crippen LogP contribution is 2.37. The van der Waals surface area contributed by atoms with E-state index in [-0.39, 0.29) is 23.5 Å². The van der Waals surface area contributed by atoms with E-state index in [1.165, 1.54) is 23.9 Å². The zero-order valence-corrected chi connectivity index (χ0v) is 17.5. The van der Waals surface area contributed by atoms with Gasteiger partial charge in [-0.2, -0.15) is 0 Å². The Labute approximate surface area is 180 Å². The van der Waals surface area contributed by atoms with Crippen molar-refractivity contribution in [2.24, 2.45) is 0 Å². The van der Waals surface area contributed by atoms with Gasteiger partial charge in [0.2, 0.25) is 11.8 Å². The Balaban J connectivity index is 1.25. The lowest BCUT2D eigenvalue weighted by Gasteiger charge is -2.22. The maximum absolute atomic E-state index is 13.1. The minimum Gasteiger partial charge on any atom is -0.411 e. The predicted octanol–water partition coefficient (Wildman–Crippen LogP) is 4.94. The number of aromatic nitrogens is 3. The molecule has 1 amide bonds. The molecule has 2 aromatic carbocycles. The maximum atomic E-state index is 13.1. The van der Waals surface area contributed by atoms with Crippen molar-refractivity contribution in [2.75, 3.05) is 12.3 Å². The second-order valence-corrected chi connectivity index (χ2v) is 8.92. The van der Waals surface area contributed by atoms with Crippen molar-refractivity contribution in [1.29, 1.82) is 0 Å². The monoisotopic (exact) mass is 440 g/mol. The first-order chi connectivity index (χ1) is 14.7. The van der Waals surface area contributed by atoms with Crippen molar-refractivity contribution >= 4 is 39.2 Å². The van der Waals surface area contributed by atoms with Gasteiger partial charge in [0.05, 0.1) is 22.0 Å². The highest BCUT2D eigenvalue weighted by Gasteiger charge is 2.32. The fourth-order valence-electron chi connectivity index (χ4n) is 3.54. The molecule has 6 nitrogen and oxygen atoms in total. The second-order valence-electron chi connectivity index (χ2n) is 6.93.